The van der Waals surface area contributed by atoms with Crippen LogP contribution in [-0.2, 0) is 0 Å². The Morgan fingerprint density at radius 3 is 2.75 bits per heavy atom. The molecule has 0 aliphatic carbocycles. The zero-order valence-corrected chi connectivity index (χ0v) is 10.4. The molecule has 7 heteroatoms. The van der Waals surface area contributed by atoms with Crippen molar-refractivity contribution >= 4 is 27.7 Å². The SMILES string of the molecule is CC(C(N)=NO)N(C)C(=O)c1ccc(Br)o1. The van der Waals surface area contributed by atoms with Gasteiger partial charge in [-0.1, -0.05) is 5.16 Å². The summed E-state index contributed by atoms with van der Waals surface area (Å²) in [4.78, 5) is 13.2. The second-order valence-corrected chi connectivity index (χ2v) is 4.00. The van der Waals surface area contributed by atoms with Gasteiger partial charge in [0.2, 0.25) is 0 Å². The molecule has 1 amide bonds. The minimum absolute atomic E-state index is 0.0403. The maximum absolute atomic E-state index is 11.8. The molecule has 0 aliphatic heterocycles. The molecule has 88 valence electrons. The van der Waals surface area contributed by atoms with E-state index in [2.05, 4.69) is 21.1 Å². The molecular formula is C9H12BrN3O3. The number of rotatable bonds is 3. The average Bonchev–Trinajstić information content (AvgIpc) is 2.71. The summed E-state index contributed by atoms with van der Waals surface area (Å²) in [7, 11) is 1.54. The first-order valence-electron chi connectivity index (χ1n) is 4.47. The van der Waals surface area contributed by atoms with Crippen molar-refractivity contribution < 1.29 is 14.4 Å². The Hall–Kier alpha value is -1.50. The summed E-state index contributed by atoms with van der Waals surface area (Å²) in [5.74, 6) is -0.196. The Kier molecular flexibility index (Phi) is 3.94. The van der Waals surface area contributed by atoms with Crippen LogP contribution in [0.15, 0.2) is 26.4 Å². The summed E-state index contributed by atoms with van der Waals surface area (Å²) < 4.78 is 5.59. The summed E-state index contributed by atoms with van der Waals surface area (Å²) in [6, 6.07) is 2.65. The van der Waals surface area contributed by atoms with Crippen molar-refractivity contribution in [3.8, 4) is 0 Å². The third-order valence-corrected chi connectivity index (χ3v) is 2.65. The monoisotopic (exact) mass is 289 g/mol. The highest BCUT2D eigenvalue weighted by Gasteiger charge is 2.22. The Balaban J connectivity index is 2.82. The van der Waals surface area contributed by atoms with E-state index in [0.717, 1.165) is 0 Å². The zero-order chi connectivity index (χ0) is 12.3. The van der Waals surface area contributed by atoms with Crippen molar-refractivity contribution in [3.05, 3.63) is 22.6 Å². The third kappa shape index (κ3) is 2.54. The van der Waals surface area contributed by atoms with E-state index in [9.17, 15) is 4.79 Å². The van der Waals surface area contributed by atoms with Crippen molar-refractivity contribution in [2.45, 2.75) is 13.0 Å². The number of carbonyl (C=O) groups is 1. The summed E-state index contributed by atoms with van der Waals surface area (Å²) >= 11 is 3.10. The molecule has 0 saturated carbocycles. The molecule has 6 nitrogen and oxygen atoms in total. The zero-order valence-electron chi connectivity index (χ0n) is 8.85. The standard InChI is InChI=1S/C9H12BrN3O3/c1-5(8(11)12-15)13(2)9(14)6-3-4-7(10)16-6/h3-5,15H,1-2H3,(H2,11,12). The number of likely N-dealkylation sites (N-methyl/N-ethyl adjacent to an activating group) is 1. The van der Waals surface area contributed by atoms with Crippen LogP contribution in [-0.4, -0.2) is 34.9 Å². The number of amidine groups is 1. The maximum atomic E-state index is 11.8. The number of hydrogen-bond donors (Lipinski definition) is 2. The van der Waals surface area contributed by atoms with Gasteiger partial charge >= 0.3 is 0 Å². The lowest BCUT2D eigenvalue weighted by molar-refractivity contribution is 0.0743. The van der Waals surface area contributed by atoms with Crippen molar-refractivity contribution in [3.63, 3.8) is 0 Å². The first kappa shape index (κ1) is 12.6. The third-order valence-electron chi connectivity index (χ3n) is 2.23. The smallest absolute Gasteiger partial charge is 0.289 e. The van der Waals surface area contributed by atoms with Crippen LogP contribution in [0.3, 0.4) is 0 Å². The first-order chi connectivity index (χ1) is 7.47. The Bertz CT molecular complexity index is 416. The average molecular weight is 290 g/mol. The van der Waals surface area contributed by atoms with Crippen LogP contribution in [0.1, 0.15) is 17.5 Å². The quantitative estimate of drug-likeness (QED) is 0.379. The van der Waals surface area contributed by atoms with Crippen LogP contribution < -0.4 is 5.73 Å². The lowest BCUT2D eigenvalue weighted by Crippen LogP contribution is -2.43. The largest absolute Gasteiger partial charge is 0.444 e. The van der Waals surface area contributed by atoms with Crippen LogP contribution in [0.25, 0.3) is 0 Å². The Morgan fingerprint density at radius 2 is 2.31 bits per heavy atom. The van der Waals surface area contributed by atoms with E-state index in [0.29, 0.717) is 4.67 Å². The van der Waals surface area contributed by atoms with E-state index in [-0.39, 0.29) is 17.5 Å². The second-order valence-electron chi connectivity index (χ2n) is 3.22. The van der Waals surface area contributed by atoms with Gasteiger partial charge in [-0.25, -0.2) is 0 Å². The van der Waals surface area contributed by atoms with Gasteiger partial charge in [-0.3, -0.25) is 4.79 Å². The highest BCUT2D eigenvalue weighted by Crippen LogP contribution is 2.16. The van der Waals surface area contributed by atoms with Gasteiger partial charge in [0.15, 0.2) is 16.3 Å². The van der Waals surface area contributed by atoms with Gasteiger partial charge < -0.3 is 20.3 Å². The topological polar surface area (TPSA) is 92.1 Å². The highest BCUT2D eigenvalue weighted by molar-refractivity contribution is 9.10. The number of furan rings is 1. The van der Waals surface area contributed by atoms with Gasteiger partial charge in [0.25, 0.3) is 5.91 Å². The Labute approximate surface area is 101 Å². The predicted octanol–water partition coefficient (Wildman–Crippen LogP) is 1.25. The van der Waals surface area contributed by atoms with Gasteiger partial charge in [0.1, 0.15) is 0 Å². The molecule has 0 saturated heterocycles. The lowest BCUT2D eigenvalue weighted by Gasteiger charge is -2.22. The number of nitrogens with zero attached hydrogens (tertiary/aromatic N) is 2. The van der Waals surface area contributed by atoms with Crippen molar-refractivity contribution in [1.29, 1.82) is 0 Å². The fraction of sp³-hybridized carbons (Fsp3) is 0.333. The normalized spacial score (nSPS) is 13.6. The highest BCUT2D eigenvalue weighted by atomic mass is 79.9. The fourth-order valence-electron chi connectivity index (χ4n) is 1.06. The summed E-state index contributed by atoms with van der Waals surface area (Å²) in [5, 5.41) is 11.4. The molecule has 0 aliphatic rings. The molecule has 1 unspecified atom stereocenters. The van der Waals surface area contributed by atoms with E-state index < -0.39 is 6.04 Å². The van der Waals surface area contributed by atoms with Crippen LogP contribution in [0.5, 0.6) is 0 Å². The molecule has 1 aromatic rings. The van der Waals surface area contributed by atoms with Gasteiger partial charge in [-0.15, -0.1) is 0 Å². The minimum Gasteiger partial charge on any atom is -0.444 e. The Morgan fingerprint density at radius 1 is 1.69 bits per heavy atom. The predicted molar refractivity (Wildman–Crippen MR) is 61.4 cm³/mol. The van der Waals surface area contributed by atoms with Crippen LogP contribution in [0, 0.1) is 0 Å². The van der Waals surface area contributed by atoms with Crippen molar-refractivity contribution in [1.82, 2.24) is 4.90 Å². The maximum Gasteiger partial charge on any atom is 0.289 e. The minimum atomic E-state index is -0.513. The van der Waals surface area contributed by atoms with E-state index in [1.807, 2.05) is 0 Å². The lowest BCUT2D eigenvalue weighted by atomic mass is 10.2. The van der Waals surface area contributed by atoms with Gasteiger partial charge in [-0.2, -0.15) is 0 Å². The molecule has 1 aromatic heterocycles. The van der Waals surface area contributed by atoms with E-state index in [1.54, 1.807) is 26.1 Å². The molecule has 0 radical (unpaired) electrons. The number of nitrogens with two attached hydrogens (primary N) is 1. The number of oxime groups is 1. The summed E-state index contributed by atoms with van der Waals surface area (Å²) in [6.45, 7) is 1.64. The molecule has 0 bridgehead atoms. The number of halogens is 1. The number of amides is 1. The molecule has 1 atom stereocenters. The van der Waals surface area contributed by atoms with Crippen LogP contribution >= 0.6 is 15.9 Å². The van der Waals surface area contributed by atoms with Gasteiger partial charge in [0, 0.05) is 7.05 Å². The van der Waals surface area contributed by atoms with Crippen molar-refractivity contribution in [2.75, 3.05) is 7.05 Å². The molecule has 0 fully saturated rings. The van der Waals surface area contributed by atoms with E-state index in [1.165, 1.54) is 4.90 Å². The fourth-order valence-corrected chi connectivity index (χ4v) is 1.37. The second kappa shape index (κ2) is 5.02. The van der Waals surface area contributed by atoms with E-state index >= 15 is 0 Å². The molecule has 0 aromatic carbocycles. The molecular weight excluding hydrogens is 278 g/mol. The van der Waals surface area contributed by atoms with Gasteiger partial charge in [-0.05, 0) is 35.0 Å². The van der Waals surface area contributed by atoms with Crippen LogP contribution in [0.2, 0.25) is 0 Å². The molecule has 1 rings (SSSR count). The summed E-state index contributed by atoms with van der Waals surface area (Å²) in [5.41, 5.74) is 5.40. The van der Waals surface area contributed by atoms with Crippen LogP contribution in [0.4, 0.5) is 0 Å². The molecule has 3 N–H and O–H groups in total. The molecule has 16 heavy (non-hydrogen) atoms. The number of hydrogen-bond acceptors (Lipinski definition) is 4. The number of carbonyl (C=O) groups excluding carboxylic acids is 1. The van der Waals surface area contributed by atoms with Gasteiger partial charge in [0.05, 0.1) is 6.04 Å². The first-order valence-corrected chi connectivity index (χ1v) is 5.26. The van der Waals surface area contributed by atoms with Crippen molar-refractivity contribution in [2.24, 2.45) is 10.9 Å². The molecule has 0 spiro atoms. The van der Waals surface area contributed by atoms with E-state index in [4.69, 9.17) is 15.4 Å². The summed E-state index contributed by atoms with van der Waals surface area (Å²) in [6.07, 6.45) is 0. The molecule has 1 heterocycles.